The highest BCUT2D eigenvalue weighted by Crippen LogP contribution is 2.26. The van der Waals surface area contributed by atoms with E-state index in [1.54, 1.807) is 11.3 Å². The van der Waals surface area contributed by atoms with E-state index in [2.05, 4.69) is 15.6 Å². The van der Waals surface area contributed by atoms with Gasteiger partial charge in [-0.25, -0.2) is 4.98 Å². The van der Waals surface area contributed by atoms with Crippen LogP contribution in [-0.4, -0.2) is 30.5 Å². The smallest absolute Gasteiger partial charge is 0.236 e. The van der Waals surface area contributed by atoms with Crippen LogP contribution in [0.1, 0.15) is 24.3 Å². The number of oxazole rings is 1. The summed E-state index contributed by atoms with van der Waals surface area (Å²) in [6.45, 7) is 4.72. The number of carbonyl (C=O) groups excluding carboxylic acids is 1. The average Bonchev–Trinajstić information content (AvgIpc) is 3.17. The van der Waals surface area contributed by atoms with E-state index in [4.69, 9.17) is 4.42 Å². The number of rotatable bonds is 5. The molecule has 2 N–H and O–H groups in total. The highest BCUT2D eigenvalue weighted by Gasteiger charge is 2.17. The maximum absolute atomic E-state index is 12.1. The predicted octanol–water partition coefficient (Wildman–Crippen LogP) is 2.37. The first kappa shape index (κ1) is 15.2. The van der Waals surface area contributed by atoms with Gasteiger partial charge in [-0.15, -0.1) is 11.3 Å². The second-order valence-electron chi connectivity index (χ2n) is 5.67. The van der Waals surface area contributed by atoms with Gasteiger partial charge < -0.3 is 15.1 Å². The fourth-order valence-corrected chi connectivity index (χ4v) is 3.31. The van der Waals surface area contributed by atoms with Gasteiger partial charge in [0.2, 0.25) is 11.8 Å². The first-order valence-corrected chi connectivity index (χ1v) is 8.58. The van der Waals surface area contributed by atoms with Crippen molar-refractivity contribution in [3.05, 3.63) is 29.0 Å². The Morgan fingerprint density at radius 2 is 2.32 bits per heavy atom. The molecule has 3 heterocycles. The van der Waals surface area contributed by atoms with Gasteiger partial charge in [-0.3, -0.25) is 4.79 Å². The van der Waals surface area contributed by atoms with Crippen LogP contribution in [0, 0.1) is 12.8 Å². The Kier molecular flexibility index (Phi) is 4.90. The number of thiophene rings is 1. The second kappa shape index (κ2) is 7.07. The van der Waals surface area contributed by atoms with Crippen LogP contribution < -0.4 is 10.6 Å². The Morgan fingerprint density at radius 1 is 1.50 bits per heavy atom. The van der Waals surface area contributed by atoms with E-state index in [0.717, 1.165) is 48.8 Å². The fraction of sp³-hybridized carbons (Fsp3) is 0.500. The second-order valence-corrected chi connectivity index (χ2v) is 6.62. The van der Waals surface area contributed by atoms with Gasteiger partial charge in [-0.05, 0) is 50.2 Å². The van der Waals surface area contributed by atoms with Gasteiger partial charge in [0.15, 0.2) is 0 Å². The van der Waals surface area contributed by atoms with Gasteiger partial charge in [-0.2, -0.15) is 0 Å². The lowest BCUT2D eigenvalue weighted by molar-refractivity contribution is -0.120. The molecule has 2 aromatic rings. The number of amides is 1. The number of aryl methyl sites for hydroxylation is 1. The molecular formula is C16H21N3O2S. The van der Waals surface area contributed by atoms with E-state index in [-0.39, 0.29) is 12.3 Å². The molecule has 22 heavy (non-hydrogen) atoms. The molecule has 5 nitrogen and oxygen atoms in total. The summed E-state index contributed by atoms with van der Waals surface area (Å²) in [7, 11) is 0. The van der Waals surface area contributed by atoms with Crippen molar-refractivity contribution >= 4 is 17.2 Å². The maximum atomic E-state index is 12.1. The van der Waals surface area contributed by atoms with Crippen LogP contribution >= 0.6 is 11.3 Å². The molecule has 0 aliphatic carbocycles. The molecule has 2 aromatic heterocycles. The van der Waals surface area contributed by atoms with Gasteiger partial charge in [-0.1, -0.05) is 6.07 Å². The number of hydrogen-bond donors (Lipinski definition) is 2. The van der Waals surface area contributed by atoms with E-state index in [1.807, 2.05) is 24.4 Å². The van der Waals surface area contributed by atoms with Crippen LogP contribution in [-0.2, 0) is 11.2 Å². The minimum atomic E-state index is 0.0210. The minimum absolute atomic E-state index is 0.0210. The van der Waals surface area contributed by atoms with E-state index in [9.17, 15) is 4.79 Å². The summed E-state index contributed by atoms with van der Waals surface area (Å²) in [4.78, 5) is 17.5. The Hall–Kier alpha value is -1.66. The maximum Gasteiger partial charge on any atom is 0.236 e. The van der Waals surface area contributed by atoms with E-state index in [0.29, 0.717) is 11.8 Å². The average molecular weight is 319 g/mol. The normalized spacial score (nSPS) is 15.9. The Bertz CT molecular complexity index is 615. The molecule has 6 heteroatoms. The Morgan fingerprint density at radius 3 is 3.05 bits per heavy atom. The molecule has 0 bridgehead atoms. The summed E-state index contributed by atoms with van der Waals surface area (Å²) in [5.41, 5.74) is 0.728. The van der Waals surface area contributed by atoms with Crippen molar-refractivity contribution in [1.29, 1.82) is 0 Å². The lowest BCUT2D eigenvalue weighted by Gasteiger charge is -2.22. The van der Waals surface area contributed by atoms with Crippen LogP contribution in [0.4, 0.5) is 0 Å². The van der Waals surface area contributed by atoms with Gasteiger partial charge in [0.25, 0.3) is 0 Å². The van der Waals surface area contributed by atoms with Gasteiger partial charge in [0.1, 0.15) is 5.76 Å². The van der Waals surface area contributed by atoms with Crippen molar-refractivity contribution in [2.75, 3.05) is 19.6 Å². The van der Waals surface area contributed by atoms with Gasteiger partial charge in [0.05, 0.1) is 17.0 Å². The number of hydrogen-bond acceptors (Lipinski definition) is 5. The molecule has 1 saturated heterocycles. The molecule has 3 rings (SSSR count). The molecule has 1 aliphatic rings. The predicted molar refractivity (Wildman–Crippen MR) is 86.9 cm³/mol. The molecule has 1 amide bonds. The number of nitrogens with zero attached hydrogens (tertiary/aromatic N) is 1. The third-order valence-electron chi connectivity index (χ3n) is 4.00. The number of aromatic nitrogens is 1. The Balaban J connectivity index is 1.55. The Labute approximate surface area is 134 Å². The summed E-state index contributed by atoms with van der Waals surface area (Å²) >= 11 is 1.58. The molecule has 1 fully saturated rings. The van der Waals surface area contributed by atoms with Crippen LogP contribution in [0.25, 0.3) is 10.8 Å². The summed E-state index contributed by atoms with van der Waals surface area (Å²) in [6, 6.07) is 3.93. The van der Waals surface area contributed by atoms with Crippen molar-refractivity contribution < 1.29 is 9.21 Å². The summed E-state index contributed by atoms with van der Waals surface area (Å²) in [5, 5.41) is 8.34. The highest BCUT2D eigenvalue weighted by molar-refractivity contribution is 7.13. The first-order chi connectivity index (χ1) is 10.7. The van der Waals surface area contributed by atoms with Crippen molar-refractivity contribution in [3.8, 4) is 10.8 Å². The molecule has 1 aliphatic heterocycles. The van der Waals surface area contributed by atoms with Crippen LogP contribution in [0.2, 0.25) is 0 Å². The van der Waals surface area contributed by atoms with E-state index >= 15 is 0 Å². The van der Waals surface area contributed by atoms with Crippen molar-refractivity contribution in [2.45, 2.75) is 26.2 Å². The zero-order valence-electron chi connectivity index (χ0n) is 12.7. The van der Waals surface area contributed by atoms with Crippen molar-refractivity contribution in [1.82, 2.24) is 15.6 Å². The third kappa shape index (κ3) is 3.75. The lowest BCUT2D eigenvalue weighted by atomic mass is 9.98. The van der Waals surface area contributed by atoms with Crippen molar-refractivity contribution in [3.63, 3.8) is 0 Å². The highest BCUT2D eigenvalue weighted by atomic mass is 32.1. The molecule has 0 spiro atoms. The van der Waals surface area contributed by atoms with Gasteiger partial charge >= 0.3 is 0 Å². The number of carbonyl (C=O) groups is 1. The van der Waals surface area contributed by atoms with E-state index < -0.39 is 0 Å². The lowest BCUT2D eigenvalue weighted by Crippen LogP contribution is -2.36. The first-order valence-electron chi connectivity index (χ1n) is 7.70. The van der Waals surface area contributed by atoms with Crippen LogP contribution in [0.5, 0.6) is 0 Å². The van der Waals surface area contributed by atoms with Crippen molar-refractivity contribution in [2.24, 2.45) is 5.92 Å². The summed E-state index contributed by atoms with van der Waals surface area (Å²) < 4.78 is 5.67. The van der Waals surface area contributed by atoms with Crippen LogP contribution in [0.3, 0.4) is 0 Å². The zero-order valence-corrected chi connectivity index (χ0v) is 13.5. The number of piperidine rings is 1. The quantitative estimate of drug-likeness (QED) is 0.888. The molecule has 118 valence electrons. The molecule has 0 unspecified atom stereocenters. The molecular weight excluding hydrogens is 298 g/mol. The molecule has 0 aromatic carbocycles. The molecule has 0 radical (unpaired) electrons. The van der Waals surface area contributed by atoms with E-state index in [1.165, 1.54) is 0 Å². The van der Waals surface area contributed by atoms with Gasteiger partial charge in [0, 0.05) is 6.54 Å². The SMILES string of the molecule is Cc1oc(-c2cccs2)nc1CC(=O)NCC1CCNCC1. The number of nitrogens with one attached hydrogen (secondary N) is 2. The largest absolute Gasteiger partial charge is 0.440 e. The summed E-state index contributed by atoms with van der Waals surface area (Å²) in [5.74, 6) is 1.94. The minimum Gasteiger partial charge on any atom is -0.440 e. The van der Waals surface area contributed by atoms with Crippen LogP contribution in [0.15, 0.2) is 21.9 Å². The standard InChI is InChI=1S/C16H21N3O2S/c1-11-13(19-16(21-11)14-3-2-8-22-14)9-15(20)18-10-12-4-6-17-7-5-12/h2-3,8,12,17H,4-7,9-10H2,1H3,(H,18,20). The fourth-order valence-electron chi connectivity index (χ4n) is 2.66. The molecule has 0 saturated carbocycles. The monoisotopic (exact) mass is 319 g/mol. The third-order valence-corrected chi connectivity index (χ3v) is 4.86. The topological polar surface area (TPSA) is 67.2 Å². The zero-order chi connectivity index (χ0) is 15.4. The molecule has 0 atom stereocenters. The summed E-state index contributed by atoms with van der Waals surface area (Å²) in [6.07, 6.45) is 2.54.